The Kier molecular flexibility index (Phi) is 4.34. The maximum Gasteiger partial charge on any atom is 0.0498 e. The fourth-order valence-corrected chi connectivity index (χ4v) is 0.782. The van der Waals surface area contributed by atoms with Gasteiger partial charge in [-0.3, -0.25) is 4.99 Å². The van der Waals surface area contributed by atoms with Gasteiger partial charge < -0.3 is 10.0 Å². The molecular weight excluding hydrogens is 140 g/mol. The third kappa shape index (κ3) is 3.65. The molecule has 0 saturated carbocycles. The Bertz CT molecular complexity index is 163. The second-order valence-electron chi connectivity index (χ2n) is 2.48. The molecule has 3 heteroatoms. The first-order valence-electron chi connectivity index (χ1n) is 3.65. The molecule has 0 N–H and O–H groups in total. The molecule has 11 heavy (non-hydrogen) atoms. The van der Waals surface area contributed by atoms with E-state index in [1.807, 2.05) is 13.8 Å². The van der Waals surface area contributed by atoms with Gasteiger partial charge in [0, 0.05) is 26.2 Å². The van der Waals surface area contributed by atoms with Crippen LogP contribution >= 0.6 is 0 Å². The van der Waals surface area contributed by atoms with Crippen molar-refractivity contribution in [3.8, 4) is 0 Å². The molecule has 0 amide bonds. The van der Waals surface area contributed by atoms with Crippen molar-refractivity contribution in [2.75, 3.05) is 20.1 Å². The van der Waals surface area contributed by atoms with Crippen molar-refractivity contribution < 1.29 is 5.11 Å². The molecule has 0 aliphatic heterocycles. The minimum atomic E-state index is -0.171. The van der Waals surface area contributed by atoms with Gasteiger partial charge >= 0.3 is 0 Å². The number of aliphatic imine (C=N–C) groups is 1. The van der Waals surface area contributed by atoms with E-state index in [0.29, 0.717) is 13.1 Å². The Morgan fingerprint density at radius 1 is 1.64 bits per heavy atom. The fraction of sp³-hybridized carbons (Fsp3) is 0.625. The van der Waals surface area contributed by atoms with E-state index in [4.69, 9.17) is 0 Å². The summed E-state index contributed by atoms with van der Waals surface area (Å²) in [5.74, 6) is 0. The SMILES string of the molecule is C=C(C)CN(CC)C([O-])=NC. The molecule has 0 aromatic heterocycles. The summed E-state index contributed by atoms with van der Waals surface area (Å²) in [4.78, 5) is 5.20. The summed E-state index contributed by atoms with van der Waals surface area (Å²) >= 11 is 0. The van der Waals surface area contributed by atoms with Gasteiger partial charge in [0.05, 0.1) is 0 Å². The number of likely N-dealkylation sites (N-methyl/N-ethyl adjacent to an activating group) is 1. The predicted molar refractivity (Wildman–Crippen MR) is 45.4 cm³/mol. The number of hydrogen-bond acceptors (Lipinski definition) is 2. The van der Waals surface area contributed by atoms with E-state index in [1.54, 1.807) is 4.90 Å². The summed E-state index contributed by atoms with van der Waals surface area (Å²) in [6, 6.07) is -0.171. The lowest BCUT2D eigenvalue weighted by Gasteiger charge is -2.27. The van der Waals surface area contributed by atoms with E-state index in [0.717, 1.165) is 5.57 Å². The molecule has 0 atom stereocenters. The van der Waals surface area contributed by atoms with Gasteiger partial charge in [0.2, 0.25) is 0 Å². The van der Waals surface area contributed by atoms with Gasteiger partial charge in [0.25, 0.3) is 0 Å². The topological polar surface area (TPSA) is 38.7 Å². The molecule has 64 valence electrons. The molecule has 3 nitrogen and oxygen atoms in total. The lowest BCUT2D eigenvalue weighted by atomic mass is 10.3. The zero-order chi connectivity index (χ0) is 8.85. The normalized spacial score (nSPS) is 11.4. The summed E-state index contributed by atoms with van der Waals surface area (Å²) in [6.45, 7) is 8.83. The van der Waals surface area contributed by atoms with E-state index >= 15 is 0 Å². The minimum absolute atomic E-state index is 0.171. The highest BCUT2D eigenvalue weighted by Gasteiger charge is 1.97. The van der Waals surface area contributed by atoms with Crippen LogP contribution in [0, 0.1) is 0 Å². The first-order chi connectivity index (χ1) is 5.11. The van der Waals surface area contributed by atoms with Crippen molar-refractivity contribution in [1.82, 2.24) is 4.90 Å². The molecule has 0 aromatic carbocycles. The molecule has 0 spiro atoms. The number of hydrogen-bond donors (Lipinski definition) is 0. The van der Waals surface area contributed by atoms with Crippen molar-refractivity contribution >= 4 is 6.02 Å². The molecule has 0 rings (SSSR count). The first-order valence-corrected chi connectivity index (χ1v) is 3.65. The van der Waals surface area contributed by atoms with E-state index in [-0.39, 0.29) is 6.02 Å². The monoisotopic (exact) mass is 155 g/mol. The van der Waals surface area contributed by atoms with Gasteiger partial charge in [-0.1, -0.05) is 12.2 Å². The quantitative estimate of drug-likeness (QED) is 0.332. The van der Waals surface area contributed by atoms with Crippen LogP contribution in [0.15, 0.2) is 17.1 Å². The van der Waals surface area contributed by atoms with E-state index in [2.05, 4.69) is 11.6 Å². The van der Waals surface area contributed by atoms with Crippen LogP contribution in [0.4, 0.5) is 0 Å². The van der Waals surface area contributed by atoms with Gasteiger partial charge in [-0.25, -0.2) is 0 Å². The van der Waals surface area contributed by atoms with E-state index in [1.165, 1.54) is 7.05 Å². The molecule has 0 unspecified atom stereocenters. The smallest absolute Gasteiger partial charge is 0.0498 e. The highest BCUT2D eigenvalue weighted by atomic mass is 16.3. The molecule has 0 saturated heterocycles. The van der Waals surface area contributed by atoms with Crippen molar-refractivity contribution in [1.29, 1.82) is 0 Å². The van der Waals surface area contributed by atoms with Crippen molar-refractivity contribution in [3.05, 3.63) is 12.2 Å². The zero-order valence-electron chi connectivity index (χ0n) is 7.42. The van der Waals surface area contributed by atoms with Crippen molar-refractivity contribution in [3.63, 3.8) is 0 Å². The highest BCUT2D eigenvalue weighted by Crippen LogP contribution is 1.93. The average Bonchev–Trinajstić information content (AvgIpc) is 1.98. The fourth-order valence-electron chi connectivity index (χ4n) is 0.782. The van der Waals surface area contributed by atoms with Gasteiger partial charge in [-0.15, -0.1) is 0 Å². The first kappa shape index (κ1) is 10.0. The number of rotatable bonds is 3. The van der Waals surface area contributed by atoms with Crippen LogP contribution in [0.25, 0.3) is 0 Å². The second-order valence-corrected chi connectivity index (χ2v) is 2.48. The predicted octanol–water partition coefficient (Wildman–Crippen LogP) is 0.230. The van der Waals surface area contributed by atoms with Gasteiger partial charge in [0.15, 0.2) is 0 Å². The number of nitrogens with zero attached hydrogens (tertiary/aromatic N) is 2. The van der Waals surface area contributed by atoms with Crippen molar-refractivity contribution in [2.24, 2.45) is 4.99 Å². The van der Waals surface area contributed by atoms with Gasteiger partial charge in [-0.2, -0.15) is 0 Å². The Morgan fingerprint density at radius 2 is 2.18 bits per heavy atom. The van der Waals surface area contributed by atoms with Crippen LogP contribution in [-0.2, 0) is 0 Å². The third-order valence-electron chi connectivity index (χ3n) is 1.30. The highest BCUT2D eigenvalue weighted by molar-refractivity contribution is 5.69. The van der Waals surface area contributed by atoms with Gasteiger partial charge in [0.1, 0.15) is 0 Å². The standard InChI is InChI=1S/C8H16N2O/c1-5-10(6-7(2)3)8(11)9-4/h2,5-6H2,1,3-4H3,(H,9,11)/p-1. The molecule has 0 aliphatic carbocycles. The number of amidine groups is 1. The summed E-state index contributed by atoms with van der Waals surface area (Å²) in [5.41, 5.74) is 0.976. The summed E-state index contributed by atoms with van der Waals surface area (Å²) in [7, 11) is 1.50. The van der Waals surface area contributed by atoms with Crippen LogP contribution in [0.1, 0.15) is 13.8 Å². The Hall–Kier alpha value is -0.990. The maximum absolute atomic E-state index is 11.0. The summed E-state index contributed by atoms with van der Waals surface area (Å²) in [5, 5.41) is 11.0. The molecule has 0 aliphatic rings. The van der Waals surface area contributed by atoms with Crippen LogP contribution in [-0.4, -0.2) is 31.1 Å². The van der Waals surface area contributed by atoms with E-state index < -0.39 is 0 Å². The Balaban J connectivity index is 4.06. The van der Waals surface area contributed by atoms with Crippen molar-refractivity contribution in [2.45, 2.75) is 13.8 Å². The average molecular weight is 155 g/mol. The summed E-state index contributed by atoms with van der Waals surface area (Å²) < 4.78 is 0. The van der Waals surface area contributed by atoms with Crippen LogP contribution in [0.2, 0.25) is 0 Å². The third-order valence-corrected chi connectivity index (χ3v) is 1.30. The molecule has 0 bridgehead atoms. The molecule has 0 radical (unpaired) electrons. The molecular formula is C8H15N2O-. The summed E-state index contributed by atoms with van der Waals surface area (Å²) in [6.07, 6.45) is 0. The lowest BCUT2D eigenvalue weighted by molar-refractivity contribution is -0.234. The Morgan fingerprint density at radius 3 is 2.45 bits per heavy atom. The van der Waals surface area contributed by atoms with Crippen LogP contribution in [0.3, 0.4) is 0 Å². The largest absolute Gasteiger partial charge is 0.846 e. The van der Waals surface area contributed by atoms with Crippen LogP contribution < -0.4 is 5.11 Å². The molecule has 0 heterocycles. The lowest BCUT2D eigenvalue weighted by Crippen LogP contribution is -2.40. The maximum atomic E-state index is 11.0. The van der Waals surface area contributed by atoms with Gasteiger partial charge in [-0.05, 0) is 13.8 Å². The molecule has 0 aromatic rings. The zero-order valence-corrected chi connectivity index (χ0v) is 7.42. The van der Waals surface area contributed by atoms with Crippen LogP contribution in [0.5, 0.6) is 0 Å². The Labute approximate surface area is 68.1 Å². The molecule has 0 fully saturated rings. The second kappa shape index (κ2) is 4.77. The van der Waals surface area contributed by atoms with E-state index in [9.17, 15) is 5.11 Å². The minimum Gasteiger partial charge on any atom is -0.846 e.